The maximum atomic E-state index is 11.1. The first-order valence-electron chi connectivity index (χ1n) is 4.86. The highest BCUT2D eigenvalue weighted by atomic mass is 32.2. The first-order valence-corrected chi connectivity index (χ1v) is 6.76. The van der Waals surface area contributed by atoms with Gasteiger partial charge in [0, 0.05) is 18.5 Å². The van der Waals surface area contributed by atoms with Gasteiger partial charge >= 0.3 is 0 Å². The quantitative estimate of drug-likeness (QED) is 0.842. The number of nitrogens with two attached hydrogens (primary N) is 1. The first kappa shape index (κ1) is 12.1. The van der Waals surface area contributed by atoms with E-state index in [1.54, 1.807) is 6.07 Å². The van der Waals surface area contributed by atoms with E-state index in [4.69, 9.17) is 5.73 Å². The fraction of sp³-hybridized carbons (Fsp3) is 0.500. The number of hydrogen-bond donors (Lipinski definition) is 1. The number of aromatic nitrogens is 1. The molecule has 2 N–H and O–H groups in total. The van der Waals surface area contributed by atoms with Gasteiger partial charge in [0.1, 0.15) is 0 Å². The highest BCUT2D eigenvalue weighted by Crippen LogP contribution is 2.15. The second-order valence-corrected chi connectivity index (χ2v) is 5.56. The van der Waals surface area contributed by atoms with Crippen LogP contribution in [0.15, 0.2) is 23.4 Å². The van der Waals surface area contributed by atoms with Crippen molar-refractivity contribution < 1.29 is 8.42 Å². The molecule has 15 heavy (non-hydrogen) atoms. The SMILES string of the molecule is CCCC(N)c1ccc(S(C)(=O)=O)nc1. The van der Waals surface area contributed by atoms with Gasteiger partial charge in [-0.1, -0.05) is 19.4 Å². The molecule has 0 aromatic carbocycles. The van der Waals surface area contributed by atoms with E-state index in [1.807, 2.05) is 0 Å². The Bertz CT molecular complexity index is 412. The minimum atomic E-state index is -3.21. The summed E-state index contributed by atoms with van der Waals surface area (Å²) in [5.74, 6) is 0. The van der Waals surface area contributed by atoms with Gasteiger partial charge in [0.05, 0.1) is 0 Å². The molecule has 0 aliphatic heterocycles. The molecule has 0 fully saturated rings. The zero-order valence-corrected chi connectivity index (χ0v) is 9.79. The highest BCUT2D eigenvalue weighted by molar-refractivity contribution is 7.90. The lowest BCUT2D eigenvalue weighted by molar-refractivity contribution is 0.597. The van der Waals surface area contributed by atoms with E-state index in [2.05, 4.69) is 11.9 Å². The lowest BCUT2D eigenvalue weighted by Crippen LogP contribution is -2.10. The molecule has 4 nitrogen and oxygen atoms in total. The van der Waals surface area contributed by atoms with Crippen molar-refractivity contribution in [1.82, 2.24) is 4.98 Å². The minimum absolute atomic E-state index is 0.0592. The van der Waals surface area contributed by atoms with Gasteiger partial charge in [-0.2, -0.15) is 0 Å². The zero-order valence-electron chi connectivity index (χ0n) is 8.97. The zero-order chi connectivity index (χ0) is 11.5. The van der Waals surface area contributed by atoms with E-state index >= 15 is 0 Å². The number of pyridine rings is 1. The van der Waals surface area contributed by atoms with Crippen LogP contribution in [0.5, 0.6) is 0 Å². The molecule has 0 spiro atoms. The van der Waals surface area contributed by atoms with Crippen LogP contribution in [0, 0.1) is 0 Å². The molecule has 1 unspecified atom stereocenters. The van der Waals surface area contributed by atoms with Gasteiger partial charge in [-0.25, -0.2) is 13.4 Å². The van der Waals surface area contributed by atoms with Crippen molar-refractivity contribution >= 4 is 9.84 Å². The normalized spacial score (nSPS) is 13.8. The molecule has 0 aliphatic carbocycles. The van der Waals surface area contributed by atoms with Crippen molar-refractivity contribution in [3.05, 3.63) is 23.9 Å². The van der Waals surface area contributed by atoms with E-state index in [1.165, 1.54) is 12.3 Å². The van der Waals surface area contributed by atoms with Crippen LogP contribution in [0.2, 0.25) is 0 Å². The van der Waals surface area contributed by atoms with Gasteiger partial charge in [-0.3, -0.25) is 0 Å². The predicted octanol–water partition coefficient (Wildman–Crippen LogP) is 1.29. The maximum Gasteiger partial charge on any atom is 0.192 e. The summed E-state index contributed by atoms with van der Waals surface area (Å²) in [6, 6.07) is 3.17. The second kappa shape index (κ2) is 4.72. The fourth-order valence-electron chi connectivity index (χ4n) is 1.31. The van der Waals surface area contributed by atoms with Gasteiger partial charge in [-0.15, -0.1) is 0 Å². The smallest absolute Gasteiger partial charge is 0.192 e. The van der Waals surface area contributed by atoms with E-state index in [0.717, 1.165) is 24.7 Å². The summed E-state index contributed by atoms with van der Waals surface area (Å²) in [7, 11) is -3.21. The summed E-state index contributed by atoms with van der Waals surface area (Å²) in [4.78, 5) is 3.89. The Labute approximate surface area is 90.4 Å². The van der Waals surface area contributed by atoms with E-state index in [9.17, 15) is 8.42 Å². The summed E-state index contributed by atoms with van der Waals surface area (Å²) < 4.78 is 22.3. The van der Waals surface area contributed by atoms with E-state index in [0.29, 0.717) is 0 Å². The number of sulfone groups is 1. The molecule has 5 heteroatoms. The molecule has 1 aromatic heterocycles. The van der Waals surface area contributed by atoms with Crippen LogP contribution in [0.4, 0.5) is 0 Å². The van der Waals surface area contributed by atoms with Crippen LogP contribution in [-0.4, -0.2) is 19.7 Å². The number of hydrogen-bond acceptors (Lipinski definition) is 4. The van der Waals surface area contributed by atoms with Crippen LogP contribution >= 0.6 is 0 Å². The Morgan fingerprint density at radius 3 is 2.53 bits per heavy atom. The lowest BCUT2D eigenvalue weighted by Gasteiger charge is -2.10. The monoisotopic (exact) mass is 228 g/mol. The Morgan fingerprint density at radius 2 is 2.13 bits per heavy atom. The summed E-state index contributed by atoms with van der Waals surface area (Å²) in [6.07, 6.45) is 4.55. The summed E-state index contributed by atoms with van der Waals surface area (Å²) in [5, 5.41) is 0.0925. The van der Waals surface area contributed by atoms with Crippen LogP contribution in [-0.2, 0) is 9.84 Å². The largest absolute Gasteiger partial charge is 0.324 e. The van der Waals surface area contributed by atoms with Crippen LogP contribution in [0.1, 0.15) is 31.4 Å². The average Bonchev–Trinajstić information content (AvgIpc) is 2.17. The first-order chi connectivity index (χ1) is 6.95. The molecular weight excluding hydrogens is 212 g/mol. The third-order valence-corrected chi connectivity index (χ3v) is 3.17. The maximum absolute atomic E-state index is 11.1. The molecule has 1 atom stereocenters. The molecule has 1 heterocycles. The van der Waals surface area contributed by atoms with Crippen molar-refractivity contribution in [3.8, 4) is 0 Å². The van der Waals surface area contributed by atoms with Crippen LogP contribution < -0.4 is 5.73 Å². The van der Waals surface area contributed by atoms with Gasteiger partial charge in [0.25, 0.3) is 0 Å². The molecule has 0 amide bonds. The molecule has 1 rings (SSSR count). The second-order valence-electron chi connectivity index (χ2n) is 3.60. The fourth-order valence-corrected chi connectivity index (χ4v) is 1.87. The predicted molar refractivity (Wildman–Crippen MR) is 59.2 cm³/mol. The molecule has 1 aromatic rings. The Hall–Kier alpha value is -0.940. The Balaban J connectivity index is 2.90. The minimum Gasteiger partial charge on any atom is -0.324 e. The molecular formula is C10H16N2O2S. The molecule has 0 radical (unpaired) electrons. The van der Waals surface area contributed by atoms with Gasteiger partial charge in [0.2, 0.25) is 0 Å². The van der Waals surface area contributed by atoms with Gasteiger partial charge in [-0.05, 0) is 18.1 Å². The molecule has 0 bridgehead atoms. The molecule has 0 aliphatic rings. The third-order valence-electron chi connectivity index (χ3n) is 2.17. The highest BCUT2D eigenvalue weighted by Gasteiger charge is 2.10. The Kier molecular flexibility index (Phi) is 3.82. The van der Waals surface area contributed by atoms with Crippen LogP contribution in [0.3, 0.4) is 0 Å². The van der Waals surface area contributed by atoms with Crippen molar-refractivity contribution in [2.24, 2.45) is 5.73 Å². The van der Waals surface area contributed by atoms with Crippen molar-refractivity contribution in [2.45, 2.75) is 30.8 Å². The van der Waals surface area contributed by atoms with Crippen molar-refractivity contribution in [2.75, 3.05) is 6.26 Å². The molecule has 84 valence electrons. The topological polar surface area (TPSA) is 73.1 Å². The van der Waals surface area contributed by atoms with Crippen molar-refractivity contribution in [3.63, 3.8) is 0 Å². The van der Waals surface area contributed by atoms with E-state index in [-0.39, 0.29) is 11.1 Å². The van der Waals surface area contributed by atoms with Gasteiger partial charge < -0.3 is 5.73 Å². The lowest BCUT2D eigenvalue weighted by atomic mass is 10.1. The molecule has 0 saturated heterocycles. The standard InChI is InChI=1S/C10H16N2O2S/c1-3-4-9(11)8-5-6-10(12-7-8)15(2,13)14/h5-7,9H,3-4,11H2,1-2H3. The average molecular weight is 228 g/mol. The molecule has 0 saturated carbocycles. The Morgan fingerprint density at radius 1 is 1.47 bits per heavy atom. The van der Waals surface area contributed by atoms with Gasteiger partial charge in [0.15, 0.2) is 14.9 Å². The summed E-state index contributed by atoms with van der Waals surface area (Å²) in [5.41, 5.74) is 6.75. The summed E-state index contributed by atoms with van der Waals surface area (Å²) >= 11 is 0. The van der Waals surface area contributed by atoms with Crippen LogP contribution in [0.25, 0.3) is 0 Å². The van der Waals surface area contributed by atoms with Crippen molar-refractivity contribution in [1.29, 1.82) is 0 Å². The number of nitrogens with zero attached hydrogens (tertiary/aromatic N) is 1. The number of rotatable bonds is 4. The third kappa shape index (κ3) is 3.28. The summed E-state index contributed by atoms with van der Waals surface area (Å²) in [6.45, 7) is 2.05. The van der Waals surface area contributed by atoms with E-state index < -0.39 is 9.84 Å².